The lowest BCUT2D eigenvalue weighted by molar-refractivity contribution is -0.123. The van der Waals surface area contributed by atoms with Gasteiger partial charge in [0.25, 0.3) is 0 Å². The molecule has 0 aliphatic carbocycles. The number of primary amides is 1. The second-order valence-electron chi connectivity index (χ2n) is 5.13. The minimum Gasteiger partial charge on any atom is -0.369 e. The Morgan fingerprint density at radius 1 is 1.44 bits per heavy atom. The SMILES string of the molecule is CC1CCC(C(N)=O)CN1CCc1ccncc1. The monoisotopic (exact) mass is 247 g/mol. The number of nitrogens with two attached hydrogens (primary N) is 1. The Morgan fingerprint density at radius 3 is 2.83 bits per heavy atom. The Morgan fingerprint density at radius 2 is 2.17 bits per heavy atom. The van der Waals surface area contributed by atoms with Gasteiger partial charge < -0.3 is 5.73 Å². The molecule has 0 aromatic carbocycles. The number of hydrogen-bond donors (Lipinski definition) is 1. The van der Waals surface area contributed by atoms with E-state index in [9.17, 15) is 4.79 Å². The molecule has 1 saturated heterocycles. The van der Waals surface area contributed by atoms with Gasteiger partial charge in [-0.25, -0.2) is 0 Å². The zero-order chi connectivity index (χ0) is 13.0. The summed E-state index contributed by atoms with van der Waals surface area (Å²) in [5.41, 5.74) is 6.70. The topological polar surface area (TPSA) is 59.2 Å². The maximum atomic E-state index is 11.3. The average Bonchev–Trinajstić information content (AvgIpc) is 2.38. The first-order valence-electron chi connectivity index (χ1n) is 6.59. The molecule has 0 radical (unpaired) electrons. The van der Waals surface area contributed by atoms with E-state index in [0.29, 0.717) is 6.04 Å². The summed E-state index contributed by atoms with van der Waals surface area (Å²) in [6.07, 6.45) is 6.63. The number of hydrogen-bond acceptors (Lipinski definition) is 3. The normalized spacial score (nSPS) is 24.9. The molecular formula is C14H21N3O. The molecule has 2 unspecified atom stereocenters. The molecule has 98 valence electrons. The van der Waals surface area contributed by atoms with Gasteiger partial charge in [0.15, 0.2) is 0 Å². The molecule has 2 N–H and O–H groups in total. The minimum atomic E-state index is -0.157. The van der Waals surface area contributed by atoms with Gasteiger partial charge in [-0.05, 0) is 43.9 Å². The summed E-state index contributed by atoms with van der Waals surface area (Å²) in [4.78, 5) is 17.7. The van der Waals surface area contributed by atoms with Crippen LogP contribution in [0, 0.1) is 5.92 Å². The smallest absolute Gasteiger partial charge is 0.221 e. The molecule has 1 aliphatic rings. The van der Waals surface area contributed by atoms with Gasteiger partial charge in [0.05, 0.1) is 5.92 Å². The quantitative estimate of drug-likeness (QED) is 0.870. The van der Waals surface area contributed by atoms with Crippen LogP contribution in [0.15, 0.2) is 24.5 Å². The van der Waals surface area contributed by atoms with Gasteiger partial charge in [-0.3, -0.25) is 14.7 Å². The van der Waals surface area contributed by atoms with E-state index in [1.165, 1.54) is 5.56 Å². The van der Waals surface area contributed by atoms with Crippen molar-refractivity contribution in [3.8, 4) is 0 Å². The third-order valence-electron chi connectivity index (χ3n) is 3.85. The Bertz CT molecular complexity index is 393. The molecule has 1 fully saturated rings. The molecule has 4 heteroatoms. The lowest BCUT2D eigenvalue weighted by atomic mass is 9.92. The van der Waals surface area contributed by atoms with Crippen molar-refractivity contribution in [1.82, 2.24) is 9.88 Å². The average molecular weight is 247 g/mol. The highest BCUT2D eigenvalue weighted by Crippen LogP contribution is 2.21. The van der Waals surface area contributed by atoms with Crippen molar-refractivity contribution in [2.75, 3.05) is 13.1 Å². The van der Waals surface area contributed by atoms with Gasteiger partial charge in [0.2, 0.25) is 5.91 Å². The van der Waals surface area contributed by atoms with E-state index in [0.717, 1.165) is 32.4 Å². The lowest BCUT2D eigenvalue weighted by Gasteiger charge is -2.36. The van der Waals surface area contributed by atoms with Crippen molar-refractivity contribution in [2.45, 2.75) is 32.2 Å². The van der Waals surface area contributed by atoms with E-state index in [4.69, 9.17) is 5.73 Å². The number of pyridine rings is 1. The molecule has 2 atom stereocenters. The molecule has 0 saturated carbocycles. The fourth-order valence-electron chi connectivity index (χ4n) is 2.55. The number of nitrogens with zero attached hydrogens (tertiary/aromatic N) is 2. The number of likely N-dealkylation sites (tertiary alicyclic amines) is 1. The molecule has 18 heavy (non-hydrogen) atoms. The standard InChI is InChI=1S/C14H21N3O/c1-11-2-3-13(14(15)18)10-17(11)9-6-12-4-7-16-8-5-12/h4-5,7-8,11,13H,2-3,6,9-10H2,1H3,(H2,15,18). The summed E-state index contributed by atoms with van der Waals surface area (Å²) in [6, 6.07) is 4.63. The Hall–Kier alpha value is -1.42. The van der Waals surface area contributed by atoms with Crippen LogP contribution in [0.25, 0.3) is 0 Å². The third-order valence-corrected chi connectivity index (χ3v) is 3.85. The number of amides is 1. The van der Waals surface area contributed by atoms with Gasteiger partial charge in [0, 0.05) is 31.5 Å². The van der Waals surface area contributed by atoms with E-state index in [1.54, 1.807) is 0 Å². The van der Waals surface area contributed by atoms with Crippen LogP contribution in [-0.4, -0.2) is 34.9 Å². The summed E-state index contributed by atoms with van der Waals surface area (Å²) in [7, 11) is 0. The Labute approximate surface area is 108 Å². The van der Waals surface area contributed by atoms with Crippen LogP contribution in [0.1, 0.15) is 25.3 Å². The number of aromatic nitrogens is 1. The number of rotatable bonds is 4. The van der Waals surface area contributed by atoms with Gasteiger partial charge in [-0.15, -0.1) is 0 Å². The fraction of sp³-hybridized carbons (Fsp3) is 0.571. The van der Waals surface area contributed by atoms with Crippen LogP contribution >= 0.6 is 0 Å². The van der Waals surface area contributed by atoms with Crippen molar-refractivity contribution in [3.05, 3.63) is 30.1 Å². The fourth-order valence-corrected chi connectivity index (χ4v) is 2.55. The molecule has 2 rings (SSSR count). The van der Waals surface area contributed by atoms with Crippen molar-refractivity contribution in [1.29, 1.82) is 0 Å². The van der Waals surface area contributed by atoms with Crippen LogP contribution < -0.4 is 5.73 Å². The van der Waals surface area contributed by atoms with Crippen molar-refractivity contribution >= 4 is 5.91 Å². The Balaban J connectivity index is 1.89. The third kappa shape index (κ3) is 3.29. The molecule has 1 aliphatic heterocycles. The van der Waals surface area contributed by atoms with Crippen molar-refractivity contribution in [3.63, 3.8) is 0 Å². The van der Waals surface area contributed by atoms with Crippen LogP contribution in [0.5, 0.6) is 0 Å². The van der Waals surface area contributed by atoms with Crippen LogP contribution in [0.3, 0.4) is 0 Å². The second kappa shape index (κ2) is 5.96. The van der Waals surface area contributed by atoms with E-state index < -0.39 is 0 Å². The van der Waals surface area contributed by atoms with Crippen molar-refractivity contribution < 1.29 is 4.79 Å². The highest BCUT2D eigenvalue weighted by molar-refractivity contribution is 5.76. The summed E-state index contributed by atoms with van der Waals surface area (Å²) in [6.45, 7) is 4.01. The lowest BCUT2D eigenvalue weighted by Crippen LogP contribution is -2.46. The van der Waals surface area contributed by atoms with Gasteiger partial charge in [0.1, 0.15) is 0 Å². The first-order chi connectivity index (χ1) is 8.66. The van der Waals surface area contributed by atoms with E-state index in [1.807, 2.05) is 24.5 Å². The second-order valence-corrected chi connectivity index (χ2v) is 5.13. The summed E-state index contributed by atoms with van der Waals surface area (Å²) in [5, 5.41) is 0. The molecule has 1 aromatic rings. The minimum absolute atomic E-state index is 0.0265. The van der Waals surface area contributed by atoms with Crippen molar-refractivity contribution in [2.24, 2.45) is 11.7 Å². The highest BCUT2D eigenvalue weighted by atomic mass is 16.1. The summed E-state index contributed by atoms with van der Waals surface area (Å²) < 4.78 is 0. The van der Waals surface area contributed by atoms with Crippen LogP contribution in [0.2, 0.25) is 0 Å². The Kier molecular flexibility index (Phi) is 4.31. The molecule has 1 amide bonds. The summed E-state index contributed by atoms with van der Waals surface area (Å²) in [5.74, 6) is -0.130. The number of carbonyl (C=O) groups is 1. The predicted octanol–water partition coefficient (Wildman–Crippen LogP) is 1.21. The molecular weight excluding hydrogens is 226 g/mol. The first kappa shape index (κ1) is 13.0. The van der Waals surface area contributed by atoms with E-state index in [2.05, 4.69) is 16.8 Å². The summed E-state index contributed by atoms with van der Waals surface area (Å²) >= 11 is 0. The number of carbonyl (C=O) groups excluding carboxylic acids is 1. The molecule has 1 aromatic heterocycles. The van der Waals surface area contributed by atoms with Gasteiger partial charge >= 0.3 is 0 Å². The zero-order valence-corrected chi connectivity index (χ0v) is 10.9. The maximum absolute atomic E-state index is 11.3. The highest BCUT2D eigenvalue weighted by Gasteiger charge is 2.28. The molecule has 0 bridgehead atoms. The number of piperidine rings is 1. The van der Waals surface area contributed by atoms with Crippen LogP contribution in [0.4, 0.5) is 0 Å². The molecule has 0 spiro atoms. The molecule has 4 nitrogen and oxygen atoms in total. The largest absolute Gasteiger partial charge is 0.369 e. The van der Waals surface area contributed by atoms with Crippen LogP contribution in [-0.2, 0) is 11.2 Å². The molecule has 2 heterocycles. The van der Waals surface area contributed by atoms with E-state index >= 15 is 0 Å². The van der Waals surface area contributed by atoms with Gasteiger partial charge in [-0.1, -0.05) is 0 Å². The maximum Gasteiger partial charge on any atom is 0.221 e. The zero-order valence-electron chi connectivity index (χ0n) is 10.9. The first-order valence-corrected chi connectivity index (χ1v) is 6.59. The van der Waals surface area contributed by atoms with E-state index in [-0.39, 0.29) is 11.8 Å². The predicted molar refractivity (Wildman–Crippen MR) is 70.9 cm³/mol. The van der Waals surface area contributed by atoms with Gasteiger partial charge in [-0.2, -0.15) is 0 Å².